The highest BCUT2D eigenvalue weighted by molar-refractivity contribution is 7.21. The molecule has 0 aliphatic carbocycles. The molecule has 3 aromatic heterocycles. The Hall–Kier alpha value is -2.80. The number of carbonyl (C=O) groups is 1. The summed E-state index contributed by atoms with van der Waals surface area (Å²) in [4.78, 5) is 29.8. The van der Waals surface area contributed by atoms with Crippen molar-refractivity contribution >= 4 is 51.4 Å². The van der Waals surface area contributed by atoms with Crippen molar-refractivity contribution in [1.29, 1.82) is 0 Å². The van der Waals surface area contributed by atoms with E-state index in [9.17, 15) is 4.79 Å². The fourth-order valence-corrected chi connectivity index (χ4v) is 3.28. The van der Waals surface area contributed by atoms with E-state index in [2.05, 4.69) is 15.0 Å². The van der Waals surface area contributed by atoms with Crippen LogP contribution in [0.15, 0.2) is 41.7 Å². The first-order chi connectivity index (χ1) is 11.6. The summed E-state index contributed by atoms with van der Waals surface area (Å²) in [6, 6.07) is 7.59. The van der Waals surface area contributed by atoms with Crippen molar-refractivity contribution in [2.75, 3.05) is 30.9 Å². The van der Waals surface area contributed by atoms with E-state index < -0.39 is 0 Å². The van der Waals surface area contributed by atoms with Crippen molar-refractivity contribution in [3.05, 3.63) is 41.5 Å². The van der Waals surface area contributed by atoms with Crippen molar-refractivity contribution in [1.82, 2.24) is 9.97 Å². The average Bonchev–Trinajstić information content (AvgIpc) is 2.98. The van der Waals surface area contributed by atoms with E-state index in [4.69, 9.17) is 0 Å². The van der Waals surface area contributed by atoms with Gasteiger partial charge in [0.1, 0.15) is 10.6 Å². The van der Waals surface area contributed by atoms with Crippen molar-refractivity contribution in [2.24, 2.45) is 4.99 Å². The smallest absolute Gasteiger partial charge is 0.162 e. The van der Waals surface area contributed by atoms with Crippen molar-refractivity contribution in [2.45, 2.75) is 0 Å². The van der Waals surface area contributed by atoms with Crippen LogP contribution in [0.1, 0.15) is 9.67 Å². The lowest BCUT2D eigenvalue weighted by Gasteiger charge is -2.14. The number of rotatable bonds is 5. The molecule has 0 spiro atoms. The molecule has 0 saturated heterocycles. The summed E-state index contributed by atoms with van der Waals surface area (Å²) in [6.45, 7) is 0. The molecule has 0 fully saturated rings. The predicted molar refractivity (Wildman–Crippen MR) is 100 cm³/mol. The maximum Gasteiger partial charge on any atom is 0.162 e. The minimum atomic E-state index is 0.567. The van der Waals surface area contributed by atoms with E-state index in [1.165, 1.54) is 11.3 Å². The average molecular weight is 339 g/mol. The molecule has 3 heterocycles. The van der Waals surface area contributed by atoms with Crippen molar-refractivity contribution in [3.8, 4) is 0 Å². The Bertz CT molecular complexity index is 889. The number of pyridine rings is 2. The summed E-state index contributed by atoms with van der Waals surface area (Å²) in [5, 5.41) is 0.889. The molecule has 122 valence electrons. The number of aromatic nitrogens is 2. The molecule has 0 aliphatic rings. The zero-order valence-corrected chi connectivity index (χ0v) is 14.5. The minimum Gasteiger partial charge on any atom is -0.377 e. The third-order valence-corrected chi connectivity index (χ3v) is 4.54. The topological polar surface area (TPSA) is 61.7 Å². The molecule has 0 N–H and O–H groups in total. The Morgan fingerprint density at radius 2 is 1.96 bits per heavy atom. The van der Waals surface area contributed by atoms with Gasteiger partial charge in [0.15, 0.2) is 6.29 Å². The summed E-state index contributed by atoms with van der Waals surface area (Å²) in [5.74, 6) is 0.777. The Morgan fingerprint density at radius 1 is 1.12 bits per heavy atom. The summed E-state index contributed by atoms with van der Waals surface area (Å²) in [7, 11) is 5.78. The maximum atomic E-state index is 11.5. The van der Waals surface area contributed by atoms with Crippen molar-refractivity contribution < 1.29 is 4.79 Å². The third-order valence-electron chi connectivity index (χ3n) is 3.53. The third kappa shape index (κ3) is 2.98. The zero-order valence-electron chi connectivity index (χ0n) is 13.7. The van der Waals surface area contributed by atoms with E-state index in [0.29, 0.717) is 10.6 Å². The van der Waals surface area contributed by atoms with Crippen LogP contribution in [-0.2, 0) is 0 Å². The first-order valence-electron chi connectivity index (χ1n) is 7.34. The van der Waals surface area contributed by atoms with Gasteiger partial charge in [0.25, 0.3) is 0 Å². The van der Waals surface area contributed by atoms with E-state index >= 15 is 0 Å². The number of aliphatic imine (C=N–C) groups is 1. The van der Waals surface area contributed by atoms with Gasteiger partial charge in [-0.3, -0.25) is 4.79 Å². The van der Waals surface area contributed by atoms with Crippen LogP contribution >= 0.6 is 11.3 Å². The van der Waals surface area contributed by atoms with Crippen LogP contribution in [-0.4, -0.2) is 43.7 Å². The molecule has 0 amide bonds. The SMILES string of the molecule is CN(C)c1ccnc2sc(C=O)c(/N=C\N(C)c3ccccn3)c12. The number of hydrogen-bond donors (Lipinski definition) is 0. The first kappa shape index (κ1) is 16.1. The second-order valence-corrected chi connectivity index (χ2v) is 6.41. The van der Waals surface area contributed by atoms with Crippen LogP contribution in [0.2, 0.25) is 0 Å². The summed E-state index contributed by atoms with van der Waals surface area (Å²) in [6.07, 6.45) is 5.98. The fraction of sp³-hybridized carbons (Fsp3) is 0.176. The van der Waals surface area contributed by atoms with E-state index in [-0.39, 0.29) is 0 Å². The van der Waals surface area contributed by atoms with E-state index in [0.717, 1.165) is 28.0 Å². The molecule has 0 unspecified atom stereocenters. The zero-order chi connectivity index (χ0) is 17.1. The first-order valence-corrected chi connectivity index (χ1v) is 8.15. The predicted octanol–water partition coefficient (Wildman–Crippen LogP) is 3.37. The second-order valence-electron chi connectivity index (χ2n) is 5.38. The highest BCUT2D eigenvalue weighted by atomic mass is 32.1. The van der Waals surface area contributed by atoms with Crippen LogP contribution in [0.4, 0.5) is 17.2 Å². The largest absolute Gasteiger partial charge is 0.377 e. The number of hydrogen-bond acceptors (Lipinski definition) is 6. The summed E-state index contributed by atoms with van der Waals surface area (Å²) < 4.78 is 0. The van der Waals surface area contributed by atoms with Gasteiger partial charge in [0.05, 0.1) is 28.0 Å². The van der Waals surface area contributed by atoms with Crippen LogP contribution in [0.5, 0.6) is 0 Å². The molecule has 0 aliphatic heterocycles. The standard InChI is InChI=1S/C17H17N5OS/c1-21(2)12-7-9-19-17-15(12)16(13(10-23)24-17)20-11-22(3)14-6-4-5-8-18-14/h4-11H,1-3H3/b20-11-. The van der Waals surface area contributed by atoms with Gasteiger partial charge in [-0.1, -0.05) is 6.07 Å². The molecule has 0 aromatic carbocycles. The second kappa shape index (κ2) is 6.76. The Kier molecular flexibility index (Phi) is 4.52. The number of anilines is 2. The van der Waals surface area contributed by atoms with E-state index in [1.54, 1.807) is 18.7 Å². The van der Waals surface area contributed by atoms with Crippen LogP contribution in [0.3, 0.4) is 0 Å². The van der Waals surface area contributed by atoms with Gasteiger partial charge in [0, 0.05) is 33.5 Å². The lowest BCUT2D eigenvalue weighted by molar-refractivity contribution is 0.112. The number of nitrogens with zero attached hydrogens (tertiary/aromatic N) is 5. The molecule has 7 heteroatoms. The highest BCUT2D eigenvalue weighted by Gasteiger charge is 2.16. The molecule has 3 rings (SSSR count). The van der Waals surface area contributed by atoms with Crippen LogP contribution in [0, 0.1) is 0 Å². The highest BCUT2D eigenvalue weighted by Crippen LogP contribution is 2.40. The van der Waals surface area contributed by atoms with Gasteiger partial charge in [-0.05, 0) is 18.2 Å². The Labute approximate surface area is 144 Å². The van der Waals surface area contributed by atoms with Gasteiger partial charge < -0.3 is 9.80 Å². The quantitative estimate of drug-likeness (QED) is 0.405. The normalized spacial score (nSPS) is 11.1. The molecule has 0 atom stereocenters. The fourth-order valence-electron chi connectivity index (χ4n) is 2.36. The molecule has 3 aromatic rings. The number of aldehydes is 1. The molecule has 0 saturated carbocycles. The van der Waals surface area contributed by atoms with Gasteiger partial charge in [-0.15, -0.1) is 11.3 Å². The number of fused-ring (bicyclic) bond motifs is 1. The molecule has 0 radical (unpaired) electrons. The molecule has 24 heavy (non-hydrogen) atoms. The van der Waals surface area contributed by atoms with Crippen LogP contribution in [0.25, 0.3) is 10.2 Å². The molecular weight excluding hydrogens is 322 g/mol. The monoisotopic (exact) mass is 339 g/mol. The van der Waals surface area contributed by atoms with Crippen LogP contribution < -0.4 is 9.80 Å². The Balaban J connectivity index is 2.08. The lowest BCUT2D eigenvalue weighted by Crippen LogP contribution is -2.15. The van der Waals surface area contributed by atoms with Gasteiger partial charge >= 0.3 is 0 Å². The maximum absolute atomic E-state index is 11.5. The molecule has 6 nitrogen and oxygen atoms in total. The minimum absolute atomic E-state index is 0.567. The van der Waals surface area contributed by atoms with Gasteiger partial charge in [-0.25, -0.2) is 15.0 Å². The lowest BCUT2D eigenvalue weighted by atomic mass is 10.2. The van der Waals surface area contributed by atoms with Gasteiger partial charge in [-0.2, -0.15) is 0 Å². The Morgan fingerprint density at radius 3 is 2.62 bits per heavy atom. The molecular formula is C17H17N5OS. The summed E-state index contributed by atoms with van der Waals surface area (Å²) >= 11 is 1.35. The molecule has 0 bridgehead atoms. The summed E-state index contributed by atoms with van der Waals surface area (Å²) in [5.41, 5.74) is 1.63. The van der Waals surface area contributed by atoms with Crippen molar-refractivity contribution in [3.63, 3.8) is 0 Å². The number of thiophene rings is 1. The van der Waals surface area contributed by atoms with Gasteiger partial charge in [0.2, 0.25) is 0 Å². The van der Waals surface area contributed by atoms with E-state index in [1.807, 2.05) is 55.2 Å². The number of carbonyl (C=O) groups excluding carboxylic acids is 1.